The van der Waals surface area contributed by atoms with Gasteiger partial charge in [0, 0.05) is 25.2 Å². The van der Waals surface area contributed by atoms with Crippen molar-refractivity contribution in [3.05, 3.63) is 60.0 Å². The zero-order valence-corrected chi connectivity index (χ0v) is 16.2. The molecule has 0 spiro atoms. The van der Waals surface area contributed by atoms with E-state index in [4.69, 9.17) is 0 Å². The minimum Gasteiger partial charge on any atom is -0.331 e. The van der Waals surface area contributed by atoms with Crippen LogP contribution < -0.4 is 10.6 Å². The predicted octanol–water partition coefficient (Wildman–Crippen LogP) is 3.73. The van der Waals surface area contributed by atoms with E-state index in [2.05, 4.69) is 15.6 Å². The fourth-order valence-electron chi connectivity index (χ4n) is 3.81. The number of urea groups is 1. The number of rotatable bonds is 5. The molecule has 2 fully saturated rings. The van der Waals surface area contributed by atoms with Gasteiger partial charge in [0.15, 0.2) is 0 Å². The molecule has 0 unspecified atom stereocenters. The van der Waals surface area contributed by atoms with Crippen molar-refractivity contribution in [1.82, 2.24) is 15.2 Å². The maximum absolute atomic E-state index is 13.2. The molecule has 29 heavy (non-hydrogen) atoms. The smallest absolute Gasteiger partial charge is 0.317 e. The van der Waals surface area contributed by atoms with Crippen molar-refractivity contribution < 1.29 is 14.0 Å². The number of hydrogen-bond acceptors (Lipinski definition) is 3. The number of nitrogens with zero attached hydrogens (tertiary/aromatic N) is 2. The monoisotopic (exact) mass is 396 g/mol. The highest BCUT2D eigenvalue weighted by Gasteiger charge is 2.35. The number of carbonyl (C=O) groups is 2. The van der Waals surface area contributed by atoms with Crippen molar-refractivity contribution in [3.8, 4) is 0 Å². The Morgan fingerprint density at radius 3 is 2.38 bits per heavy atom. The molecule has 2 N–H and O–H groups in total. The molecule has 1 aliphatic carbocycles. The topological polar surface area (TPSA) is 74.3 Å². The predicted molar refractivity (Wildman–Crippen MR) is 108 cm³/mol. The number of likely N-dealkylation sites (tertiary alicyclic amines) is 1. The van der Waals surface area contributed by atoms with Crippen LogP contribution in [0, 0.1) is 17.7 Å². The highest BCUT2D eigenvalue weighted by Crippen LogP contribution is 2.41. The maximum atomic E-state index is 13.2. The van der Waals surface area contributed by atoms with Gasteiger partial charge in [-0.25, -0.2) is 14.2 Å². The van der Waals surface area contributed by atoms with Crippen molar-refractivity contribution in [3.63, 3.8) is 0 Å². The van der Waals surface area contributed by atoms with Crippen LogP contribution in [0.2, 0.25) is 0 Å². The van der Waals surface area contributed by atoms with Crippen molar-refractivity contribution in [2.24, 2.45) is 11.8 Å². The molecule has 4 rings (SSSR count). The molecule has 2 aliphatic rings. The minimum atomic E-state index is -0.277. The number of pyridine rings is 1. The second-order valence-corrected chi connectivity index (χ2v) is 7.78. The van der Waals surface area contributed by atoms with Crippen molar-refractivity contribution in [1.29, 1.82) is 0 Å². The summed E-state index contributed by atoms with van der Waals surface area (Å²) in [6.07, 6.45) is 5.02. The van der Waals surface area contributed by atoms with Crippen molar-refractivity contribution in [2.45, 2.75) is 31.7 Å². The van der Waals surface area contributed by atoms with Crippen molar-refractivity contribution >= 4 is 17.8 Å². The number of benzene rings is 1. The number of nitrogens with one attached hydrogen (secondary N) is 2. The zero-order valence-electron chi connectivity index (χ0n) is 16.2. The molecule has 2 heterocycles. The third-order valence-electron chi connectivity index (χ3n) is 5.67. The van der Waals surface area contributed by atoms with Gasteiger partial charge in [-0.15, -0.1) is 0 Å². The average Bonchev–Trinajstić information content (AvgIpc) is 3.59. The molecule has 1 aromatic carbocycles. The second kappa shape index (κ2) is 8.59. The summed E-state index contributed by atoms with van der Waals surface area (Å²) in [7, 11) is 0. The SMILES string of the molecule is O=C(Nc1ccccn1)C1CCN(C(=O)N[C@H](c2ccc(F)cc2)C2CC2)CC1. The number of carbonyl (C=O) groups excluding carboxylic acids is 2. The van der Waals surface area contributed by atoms with E-state index in [1.165, 1.54) is 12.1 Å². The Labute approximate surface area is 169 Å². The number of aromatic nitrogens is 1. The Morgan fingerprint density at radius 2 is 1.76 bits per heavy atom. The first-order valence-corrected chi connectivity index (χ1v) is 10.1. The summed E-state index contributed by atoms with van der Waals surface area (Å²) in [5, 5.41) is 5.96. The van der Waals surface area contributed by atoms with Gasteiger partial charge in [-0.2, -0.15) is 0 Å². The number of halogens is 1. The Bertz CT molecular complexity index is 847. The summed E-state index contributed by atoms with van der Waals surface area (Å²) in [5.41, 5.74) is 0.937. The van der Waals surface area contributed by atoms with Crippen LogP contribution >= 0.6 is 0 Å². The normalized spacial score (nSPS) is 18.2. The maximum Gasteiger partial charge on any atom is 0.317 e. The van der Waals surface area contributed by atoms with E-state index in [0.717, 1.165) is 18.4 Å². The summed E-state index contributed by atoms with van der Waals surface area (Å²) in [4.78, 5) is 31.1. The fraction of sp³-hybridized carbons (Fsp3) is 0.409. The van der Waals surface area contributed by atoms with E-state index >= 15 is 0 Å². The Hall–Kier alpha value is -2.96. The van der Waals surface area contributed by atoms with E-state index in [0.29, 0.717) is 37.7 Å². The summed E-state index contributed by atoms with van der Waals surface area (Å²) >= 11 is 0. The van der Waals surface area contributed by atoms with Gasteiger partial charge in [0.2, 0.25) is 5.91 Å². The van der Waals surface area contributed by atoms with Gasteiger partial charge < -0.3 is 15.5 Å². The van der Waals surface area contributed by atoms with Crippen LogP contribution in [0.25, 0.3) is 0 Å². The number of piperidine rings is 1. The molecule has 0 bridgehead atoms. The van der Waals surface area contributed by atoms with Crippen LogP contribution in [-0.4, -0.2) is 34.9 Å². The van der Waals surface area contributed by atoms with E-state index in [9.17, 15) is 14.0 Å². The summed E-state index contributed by atoms with van der Waals surface area (Å²) < 4.78 is 13.2. The van der Waals surface area contributed by atoms with Gasteiger partial charge in [-0.3, -0.25) is 4.79 Å². The third-order valence-corrected chi connectivity index (χ3v) is 5.67. The fourth-order valence-corrected chi connectivity index (χ4v) is 3.81. The molecular formula is C22H25FN4O2. The van der Waals surface area contributed by atoms with Crippen LogP contribution in [0.1, 0.15) is 37.3 Å². The molecule has 7 heteroatoms. The van der Waals surface area contributed by atoms with Gasteiger partial charge in [0.05, 0.1) is 6.04 Å². The highest BCUT2D eigenvalue weighted by atomic mass is 19.1. The molecule has 3 amide bonds. The first kappa shape index (κ1) is 19.4. The average molecular weight is 396 g/mol. The van der Waals surface area contributed by atoms with E-state index in [1.807, 2.05) is 6.07 Å². The standard InChI is InChI=1S/C22H25FN4O2/c23-18-8-6-16(7-9-18)20(15-4-5-15)26-22(29)27-13-10-17(11-14-27)21(28)25-19-3-1-2-12-24-19/h1-3,6-9,12,15,17,20H,4-5,10-11,13-14H2,(H,26,29)(H,24,25,28)/t20-/m0/s1. The molecule has 1 aromatic heterocycles. The summed E-state index contributed by atoms with van der Waals surface area (Å²) in [6, 6.07) is 11.5. The third kappa shape index (κ3) is 4.91. The second-order valence-electron chi connectivity index (χ2n) is 7.78. The highest BCUT2D eigenvalue weighted by molar-refractivity contribution is 5.91. The summed E-state index contributed by atoms with van der Waals surface area (Å²) in [5.74, 6) is 0.499. The Morgan fingerprint density at radius 1 is 1.03 bits per heavy atom. The van der Waals surface area contributed by atoms with Crippen LogP contribution in [0.3, 0.4) is 0 Å². The van der Waals surface area contributed by atoms with Gasteiger partial charge in [-0.05, 0) is 61.4 Å². The van der Waals surface area contributed by atoms with Crippen LogP contribution in [0.5, 0.6) is 0 Å². The van der Waals surface area contributed by atoms with Gasteiger partial charge >= 0.3 is 6.03 Å². The van der Waals surface area contributed by atoms with E-state index in [-0.39, 0.29) is 29.7 Å². The quantitative estimate of drug-likeness (QED) is 0.809. The van der Waals surface area contributed by atoms with Gasteiger partial charge in [0.1, 0.15) is 11.6 Å². The van der Waals surface area contributed by atoms with Crippen LogP contribution in [0.4, 0.5) is 15.0 Å². The molecule has 0 radical (unpaired) electrons. The van der Waals surface area contributed by atoms with E-state index < -0.39 is 0 Å². The van der Waals surface area contributed by atoms with E-state index in [1.54, 1.807) is 35.4 Å². The Balaban J connectivity index is 1.30. The summed E-state index contributed by atoms with van der Waals surface area (Å²) in [6.45, 7) is 1.07. The molecule has 1 atom stereocenters. The molecule has 1 saturated heterocycles. The largest absolute Gasteiger partial charge is 0.331 e. The molecule has 152 valence electrons. The first-order chi connectivity index (χ1) is 14.1. The molecule has 2 aromatic rings. The lowest BCUT2D eigenvalue weighted by molar-refractivity contribution is -0.121. The van der Waals surface area contributed by atoms with Gasteiger partial charge in [0.25, 0.3) is 0 Å². The zero-order chi connectivity index (χ0) is 20.2. The Kier molecular flexibility index (Phi) is 5.74. The van der Waals surface area contributed by atoms with Crippen LogP contribution in [0.15, 0.2) is 48.7 Å². The first-order valence-electron chi connectivity index (χ1n) is 10.1. The number of anilines is 1. The molecular weight excluding hydrogens is 371 g/mol. The lowest BCUT2D eigenvalue weighted by atomic mass is 9.96. The lowest BCUT2D eigenvalue weighted by Crippen LogP contribution is -2.47. The lowest BCUT2D eigenvalue weighted by Gasteiger charge is -2.33. The molecule has 1 aliphatic heterocycles. The van der Waals surface area contributed by atoms with Crippen molar-refractivity contribution in [2.75, 3.05) is 18.4 Å². The van der Waals surface area contributed by atoms with Gasteiger partial charge in [-0.1, -0.05) is 18.2 Å². The number of hydrogen-bond donors (Lipinski definition) is 2. The van der Waals surface area contributed by atoms with Crippen LogP contribution in [-0.2, 0) is 4.79 Å². The number of amides is 3. The molecule has 1 saturated carbocycles. The molecule has 6 nitrogen and oxygen atoms in total. The minimum absolute atomic E-state index is 0.0501.